The molecule has 0 aliphatic carbocycles. The van der Waals surface area contributed by atoms with Crippen LogP contribution >= 0.6 is 11.6 Å². The van der Waals surface area contributed by atoms with Gasteiger partial charge in [0.15, 0.2) is 5.76 Å². The predicted molar refractivity (Wildman–Crippen MR) is 75.5 cm³/mol. The molecule has 0 aliphatic heterocycles. The van der Waals surface area contributed by atoms with Crippen molar-refractivity contribution in [2.45, 2.75) is 19.9 Å². The summed E-state index contributed by atoms with van der Waals surface area (Å²) >= 11 is 5.86. The van der Waals surface area contributed by atoms with E-state index >= 15 is 0 Å². The van der Waals surface area contributed by atoms with Gasteiger partial charge in [-0.1, -0.05) is 11.6 Å². The number of aryl methyl sites for hydroxylation is 1. The predicted octanol–water partition coefficient (Wildman–Crippen LogP) is 3.51. The molecule has 1 heterocycles. The molecule has 4 nitrogen and oxygen atoms in total. The van der Waals surface area contributed by atoms with Crippen LogP contribution in [0.2, 0.25) is 5.02 Å². The summed E-state index contributed by atoms with van der Waals surface area (Å²) in [6, 6.07) is 8.34. The van der Waals surface area contributed by atoms with Crippen molar-refractivity contribution in [3.63, 3.8) is 0 Å². The van der Waals surface area contributed by atoms with E-state index in [1.54, 1.807) is 37.3 Å². The maximum Gasteiger partial charge on any atom is 0.291 e. The first kappa shape index (κ1) is 13.6. The lowest BCUT2D eigenvalue weighted by Gasteiger charge is -2.07. The van der Waals surface area contributed by atoms with Gasteiger partial charge in [0, 0.05) is 10.7 Å². The Hall–Kier alpha value is -1.78. The number of carbonyl (C=O) groups is 1. The molecule has 0 radical (unpaired) electrons. The summed E-state index contributed by atoms with van der Waals surface area (Å²) < 4.78 is 5.38. The lowest BCUT2D eigenvalue weighted by molar-refractivity contribution is 0.0994. The standard InChI is InChI=1S/C14H15ClN2O2/c1-8-7-10(15)3-4-11(8)17-14(18)13-6-5-12(19-13)9(2)16/h3-7,9H,16H2,1-2H3,(H,17,18). The lowest BCUT2D eigenvalue weighted by Crippen LogP contribution is -2.12. The molecule has 1 unspecified atom stereocenters. The highest BCUT2D eigenvalue weighted by Crippen LogP contribution is 2.21. The molecule has 2 rings (SSSR count). The minimum atomic E-state index is -0.308. The third kappa shape index (κ3) is 3.16. The molecule has 1 aromatic heterocycles. The number of amides is 1. The smallest absolute Gasteiger partial charge is 0.291 e. The first-order valence-corrected chi connectivity index (χ1v) is 6.28. The molecule has 1 amide bonds. The maximum absolute atomic E-state index is 12.0. The van der Waals surface area contributed by atoms with Crippen LogP contribution in [-0.4, -0.2) is 5.91 Å². The molecular formula is C14H15ClN2O2. The molecule has 1 aromatic carbocycles. The van der Waals surface area contributed by atoms with Crippen LogP contribution in [0.15, 0.2) is 34.7 Å². The summed E-state index contributed by atoms with van der Waals surface area (Å²) in [6.45, 7) is 3.67. The van der Waals surface area contributed by atoms with E-state index in [-0.39, 0.29) is 17.7 Å². The number of furan rings is 1. The van der Waals surface area contributed by atoms with E-state index in [0.717, 1.165) is 5.56 Å². The lowest BCUT2D eigenvalue weighted by atomic mass is 10.2. The molecule has 0 saturated carbocycles. The number of hydrogen-bond acceptors (Lipinski definition) is 3. The van der Waals surface area contributed by atoms with Crippen molar-refractivity contribution in [3.8, 4) is 0 Å². The molecule has 5 heteroatoms. The largest absolute Gasteiger partial charge is 0.454 e. The Bertz CT molecular complexity index is 605. The second kappa shape index (κ2) is 5.47. The Labute approximate surface area is 116 Å². The van der Waals surface area contributed by atoms with Gasteiger partial charge >= 0.3 is 0 Å². The van der Waals surface area contributed by atoms with E-state index in [4.69, 9.17) is 21.8 Å². The van der Waals surface area contributed by atoms with Crippen LogP contribution in [-0.2, 0) is 0 Å². The second-order valence-electron chi connectivity index (χ2n) is 4.40. The number of nitrogens with two attached hydrogens (primary N) is 1. The Morgan fingerprint density at radius 1 is 1.37 bits per heavy atom. The Balaban J connectivity index is 2.16. The number of hydrogen-bond donors (Lipinski definition) is 2. The summed E-state index contributed by atoms with van der Waals surface area (Å²) in [5, 5.41) is 3.41. The normalized spacial score (nSPS) is 12.2. The van der Waals surface area contributed by atoms with Gasteiger partial charge in [0.2, 0.25) is 0 Å². The van der Waals surface area contributed by atoms with Crippen molar-refractivity contribution in [3.05, 3.63) is 52.4 Å². The minimum absolute atomic E-state index is 0.237. The third-order valence-corrected chi connectivity index (χ3v) is 2.97. The SMILES string of the molecule is Cc1cc(Cl)ccc1NC(=O)c1ccc(C(C)N)o1. The van der Waals surface area contributed by atoms with Crippen molar-refractivity contribution < 1.29 is 9.21 Å². The zero-order valence-corrected chi connectivity index (χ0v) is 11.5. The van der Waals surface area contributed by atoms with Crippen LogP contribution in [0.1, 0.15) is 34.8 Å². The summed E-state index contributed by atoms with van der Waals surface area (Å²) in [6.07, 6.45) is 0. The minimum Gasteiger partial charge on any atom is -0.454 e. The van der Waals surface area contributed by atoms with Gasteiger partial charge in [-0.25, -0.2) is 0 Å². The summed E-state index contributed by atoms with van der Waals surface area (Å²) in [4.78, 5) is 12.0. The van der Waals surface area contributed by atoms with Gasteiger partial charge < -0.3 is 15.5 Å². The molecule has 0 fully saturated rings. The average molecular weight is 279 g/mol. The summed E-state index contributed by atoms with van der Waals surface area (Å²) in [5.41, 5.74) is 7.27. The average Bonchev–Trinajstić information content (AvgIpc) is 2.82. The Kier molecular flexibility index (Phi) is 3.93. The second-order valence-corrected chi connectivity index (χ2v) is 4.84. The van der Waals surface area contributed by atoms with E-state index in [2.05, 4.69) is 5.32 Å². The Morgan fingerprint density at radius 2 is 2.11 bits per heavy atom. The van der Waals surface area contributed by atoms with Crippen molar-refractivity contribution in [2.75, 3.05) is 5.32 Å². The number of anilines is 1. The fraction of sp³-hybridized carbons (Fsp3) is 0.214. The molecule has 3 N–H and O–H groups in total. The van der Waals surface area contributed by atoms with E-state index in [1.807, 2.05) is 6.92 Å². The molecule has 0 bridgehead atoms. The van der Waals surface area contributed by atoms with Gasteiger partial charge in [-0.2, -0.15) is 0 Å². The van der Waals surface area contributed by atoms with E-state index in [9.17, 15) is 4.79 Å². The van der Waals surface area contributed by atoms with Crippen LogP contribution < -0.4 is 11.1 Å². The first-order valence-electron chi connectivity index (χ1n) is 5.90. The monoisotopic (exact) mass is 278 g/mol. The molecule has 2 aromatic rings. The fourth-order valence-electron chi connectivity index (χ4n) is 1.67. The van der Waals surface area contributed by atoms with Crippen LogP contribution in [0.4, 0.5) is 5.69 Å². The summed E-state index contributed by atoms with van der Waals surface area (Å²) in [7, 11) is 0. The van der Waals surface area contributed by atoms with Crippen LogP contribution in [0.25, 0.3) is 0 Å². The van der Waals surface area contributed by atoms with Gasteiger partial charge in [0.1, 0.15) is 5.76 Å². The highest BCUT2D eigenvalue weighted by molar-refractivity contribution is 6.30. The van der Waals surface area contributed by atoms with Gasteiger partial charge in [-0.05, 0) is 49.7 Å². The summed E-state index contributed by atoms with van der Waals surface area (Å²) in [5.74, 6) is 0.511. The highest BCUT2D eigenvalue weighted by Gasteiger charge is 2.14. The highest BCUT2D eigenvalue weighted by atomic mass is 35.5. The van der Waals surface area contributed by atoms with Gasteiger partial charge in [-0.3, -0.25) is 4.79 Å². The quantitative estimate of drug-likeness (QED) is 0.903. The van der Waals surface area contributed by atoms with Crippen LogP contribution in [0, 0.1) is 6.92 Å². The van der Waals surface area contributed by atoms with Crippen molar-refractivity contribution >= 4 is 23.2 Å². The van der Waals surface area contributed by atoms with E-state index in [0.29, 0.717) is 16.5 Å². The van der Waals surface area contributed by atoms with Crippen LogP contribution in [0.3, 0.4) is 0 Å². The molecule has 100 valence electrons. The van der Waals surface area contributed by atoms with Crippen molar-refractivity contribution in [1.29, 1.82) is 0 Å². The Morgan fingerprint density at radius 3 is 2.68 bits per heavy atom. The molecule has 0 saturated heterocycles. The van der Waals surface area contributed by atoms with Gasteiger partial charge in [0.25, 0.3) is 5.91 Å². The van der Waals surface area contributed by atoms with Crippen molar-refractivity contribution in [1.82, 2.24) is 0 Å². The molecule has 1 atom stereocenters. The third-order valence-electron chi connectivity index (χ3n) is 2.74. The van der Waals surface area contributed by atoms with E-state index < -0.39 is 0 Å². The topological polar surface area (TPSA) is 68.3 Å². The number of carbonyl (C=O) groups excluding carboxylic acids is 1. The zero-order valence-electron chi connectivity index (χ0n) is 10.7. The molecule has 19 heavy (non-hydrogen) atoms. The number of benzene rings is 1. The van der Waals surface area contributed by atoms with E-state index in [1.165, 1.54) is 0 Å². The number of halogens is 1. The number of nitrogens with one attached hydrogen (secondary N) is 1. The molecular weight excluding hydrogens is 264 g/mol. The van der Waals surface area contributed by atoms with Gasteiger partial charge in [0.05, 0.1) is 6.04 Å². The fourth-order valence-corrected chi connectivity index (χ4v) is 1.90. The first-order chi connectivity index (χ1) is 8.97. The molecule has 0 spiro atoms. The van der Waals surface area contributed by atoms with Crippen molar-refractivity contribution in [2.24, 2.45) is 5.73 Å². The van der Waals surface area contributed by atoms with Crippen LogP contribution in [0.5, 0.6) is 0 Å². The number of rotatable bonds is 3. The zero-order chi connectivity index (χ0) is 14.0. The van der Waals surface area contributed by atoms with Gasteiger partial charge in [-0.15, -0.1) is 0 Å². The molecule has 0 aliphatic rings. The maximum atomic E-state index is 12.0.